The number of nitrogens with one attached hydrogen (secondary N) is 1. The van der Waals surface area contributed by atoms with Gasteiger partial charge in [0.05, 0.1) is 5.02 Å². The summed E-state index contributed by atoms with van der Waals surface area (Å²) in [5, 5.41) is 10.8. The molecule has 2 atom stereocenters. The van der Waals surface area contributed by atoms with Gasteiger partial charge in [0.25, 0.3) is 5.91 Å². The third kappa shape index (κ3) is 3.60. The lowest BCUT2D eigenvalue weighted by atomic mass is 9.82. The van der Waals surface area contributed by atoms with Crippen LogP contribution in [-0.4, -0.2) is 41.1 Å². The van der Waals surface area contributed by atoms with Crippen LogP contribution in [0.3, 0.4) is 0 Å². The highest BCUT2D eigenvalue weighted by Crippen LogP contribution is 2.55. The molecule has 2 aromatic rings. The zero-order chi connectivity index (χ0) is 20.6. The van der Waals surface area contributed by atoms with Crippen molar-refractivity contribution in [1.29, 1.82) is 0 Å². The summed E-state index contributed by atoms with van der Waals surface area (Å²) in [6, 6.07) is 3.94. The molecular weight excluding hydrogens is 405 g/mol. The molecule has 1 aromatic carbocycles. The quantitative estimate of drug-likeness (QED) is 0.728. The van der Waals surface area contributed by atoms with Crippen LogP contribution in [0.2, 0.25) is 5.02 Å². The molecule has 1 unspecified atom stereocenters. The van der Waals surface area contributed by atoms with Crippen LogP contribution in [0, 0.1) is 5.82 Å². The van der Waals surface area contributed by atoms with Crippen molar-refractivity contribution in [1.82, 2.24) is 15.5 Å². The fourth-order valence-electron chi connectivity index (χ4n) is 4.20. The highest BCUT2D eigenvalue weighted by molar-refractivity contribution is 6.30. The van der Waals surface area contributed by atoms with E-state index in [0.717, 1.165) is 6.07 Å². The number of ether oxygens (including phenoxy) is 2. The Hall–Kier alpha value is -2.52. The number of hydrogen-bond donors (Lipinski definition) is 1. The molecule has 8 nitrogen and oxygen atoms in total. The normalized spacial score (nSPS) is 25.4. The molecule has 1 aromatic heterocycles. The summed E-state index contributed by atoms with van der Waals surface area (Å²) in [7, 11) is 1.51. The van der Waals surface area contributed by atoms with E-state index in [-0.39, 0.29) is 42.1 Å². The smallest absolute Gasteiger partial charge is 0.258 e. The van der Waals surface area contributed by atoms with Crippen LogP contribution >= 0.6 is 11.6 Å². The molecule has 154 valence electrons. The highest BCUT2D eigenvalue weighted by Gasteiger charge is 2.63. The van der Waals surface area contributed by atoms with E-state index >= 15 is 0 Å². The predicted molar refractivity (Wildman–Crippen MR) is 97.9 cm³/mol. The molecule has 2 aliphatic rings. The molecule has 0 saturated heterocycles. The van der Waals surface area contributed by atoms with Gasteiger partial charge in [-0.05, 0) is 31.4 Å². The predicted octanol–water partition coefficient (Wildman–Crippen LogP) is 2.34. The monoisotopic (exact) mass is 423 g/mol. The van der Waals surface area contributed by atoms with Gasteiger partial charge in [0.1, 0.15) is 23.6 Å². The first-order valence-electron chi connectivity index (χ1n) is 9.10. The summed E-state index contributed by atoms with van der Waals surface area (Å²) in [5.74, 6) is -0.275. The Morgan fingerprint density at radius 2 is 2.21 bits per heavy atom. The fourth-order valence-corrected chi connectivity index (χ4v) is 4.32. The minimum Gasteiger partial charge on any atom is -0.484 e. The lowest BCUT2D eigenvalue weighted by Crippen LogP contribution is -2.47. The molecule has 2 fully saturated rings. The lowest BCUT2D eigenvalue weighted by Gasteiger charge is -2.27. The van der Waals surface area contributed by atoms with Crippen LogP contribution in [0.1, 0.15) is 37.5 Å². The van der Waals surface area contributed by atoms with Gasteiger partial charge in [0, 0.05) is 25.1 Å². The van der Waals surface area contributed by atoms with Gasteiger partial charge in [0.15, 0.2) is 12.4 Å². The van der Waals surface area contributed by atoms with E-state index in [1.807, 2.05) is 0 Å². The molecule has 0 aliphatic heterocycles. The number of benzene rings is 1. The number of halogens is 2. The largest absolute Gasteiger partial charge is 0.484 e. The van der Waals surface area contributed by atoms with Crippen molar-refractivity contribution in [2.75, 3.05) is 13.7 Å². The molecule has 2 aliphatic carbocycles. The first-order chi connectivity index (χ1) is 13.9. The maximum Gasteiger partial charge on any atom is 0.258 e. The van der Waals surface area contributed by atoms with Crippen LogP contribution in [-0.2, 0) is 26.3 Å². The van der Waals surface area contributed by atoms with Crippen LogP contribution in [0.5, 0.6) is 5.75 Å². The Bertz CT molecular complexity index is 967. The summed E-state index contributed by atoms with van der Waals surface area (Å²) in [6.45, 7) is -0.135. The molecule has 4 rings (SSSR count). The van der Waals surface area contributed by atoms with E-state index in [2.05, 4.69) is 15.5 Å². The van der Waals surface area contributed by atoms with E-state index in [1.54, 1.807) is 0 Å². The van der Waals surface area contributed by atoms with Gasteiger partial charge in [-0.15, -0.1) is 10.2 Å². The van der Waals surface area contributed by atoms with Gasteiger partial charge in [-0.2, -0.15) is 0 Å². The Morgan fingerprint density at radius 1 is 1.38 bits per heavy atom. The van der Waals surface area contributed by atoms with Gasteiger partial charge in [-0.25, -0.2) is 4.39 Å². The number of nitrogens with zero attached hydrogens (tertiary/aromatic N) is 2. The molecule has 10 heteroatoms. The number of fused-ring (bicyclic) bond motifs is 2. The van der Waals surface area contributed by atoms with Crippen molar-refractivity contribution in [3.05, 3.63) is 40.8 Å². The second-order valence-corrected chi connectivity index (χ2v) is 7.89. The maximum absolute atomic E-state index is 13.5. The average Bonchev–Trinajstić information content (AvgIpc) is 3.35. The second-order valence-electron chi connectivity index (χ2n) is 7.49. The number of aromatic nitrogens is 2. The Balaban J connectivity index is 1.41. The van der Waals surface area contributed by atoms with Crippen molar-refractivity contribution >= 4 is 23.3 Å². The number of rotatable bonds is 7. The summed E-state index contributed by atoms with van der Waals surface area (Å²) >= 11 is 5.63. The molecule has 0 radical (unpaired) electrons. The zero-order valence-corrected chi connectivity index (χ0v) is 16.4. The lowest BCUT2D eigenvalue weighted by molar-refractivity contribution is -0.126. The first kappa shape index (κ1) is 19.8. The minimum absolute atomic E-state index is 0.0258. The van der Waals surface area contributed by atoms with Crippen molar-refractivity contribution in [2.45, 2.75) is 43.2 Å². The average molecular weight is 424 g/mol. The topological polar surface area (TPSA) is 104 Å². The summed E-state index contributed by atoms with van der Waals surface area (Å²) in [6.07, 6.45) is 1.72. The van der Waals surface area contributed by atoms with Gasteiger partial charge in [-0.3, -0.25) is 9.59 Å². The van der Waals surface area contributed by atoms with E-state index in [9.17, 15) is 14.0 Å². The van der Waals surface area contributed by atoms with E-state index in [1.165, 1.54) is 19.2 Å². The second kappa shape index (κ2) is 7.38. The van der Waals surface area contributed by atoms with E-state index in [4.69, 9.17) is 25.5 Å². The molecule has 1 amide bonds. The Labute approximate surface area is 170 Å². The Kier molecular flexibility index (Phi) is 5.04. The molecular formula is C19H19ClFN3O5. The molecule has 2 saturated carbocycles. The van der Waals surface area contributed by atoms with E-state index in [0.29, 0.717) is 25.2 Å². The number of carbonyl (C=O) groups is 2. The van der Waals surface area contributed by atoms with Crippen molar-refractivity contribution in [2.24, 2.45) is 0 Å². The highest BCUT2D eigenvalue weighted by atomic mass is 35.5. The third-order valence-corrected chi connectivity index (χ3v) is 5.82. The summed E-state index contributed by atoms with van der Waals surface area (Å²) < 4.78 is 29.4. The number of Topliss-reactive ketones (excluding diaryl/α,β-unsaturated/α-hetero) is 1. The van der Waals surface area contributed by atoms with Gasteiger partial charge < -0.3 is 19.2 Å². The summed E-state index contributed by atoms with van der Waals surface area (Å²) in [4.78, 5) is 25.2. The molecule has 0 spiro atoms. The number of ketones is 1. The number of amides is 1. The summed E-state index contributed by atoms with van der Waals surface area (Å²) in [5.41, 5.74) is -1.54. The van der Waals surface area contributed by atoms with Crippen LogP contribution in [0.4, 0.5) is 4.39 Å². The fraction of sp³-hybridized carbons (Fsp3) is 0.474. The van der Waals surface area contributed by atoms with Crippen molar-refractivity contribution < 1.29 is 27.9 Å². The van der Waals surface area contributed by atoms with E-state index < -0.39 is 22.7 Å². The first-order valence-corrected chi connectivity index (χ1v) is 9.48. The van der Waals surface area contributed by atoms with Crippen molar-refractivity contribution in [3.63, 3.8) is 0 Å². The van der Waals surface area contributed by atoms with Crippen molar-refractivity contribution in [3.8, 4) is 5.75 Å². The third-order valence-electron chi connectivity index (χ3n) is 5.51. The molecule has 1 N–H and O–H groups in total. The number of methoxy groups -OCH3 is 1. The number of hydrogen-bond acceptors (Lipinski definition) is 7. The van der Waals surface area contributed by atoms with Crippen LogP contribution in [0.15, 0.2) is 22.6 Å². The Morgan fingerprint density at radius 3 is 2.93 bits per heavy atom. The van der Waals surface area contributed by atoms with Gasteiger partial charge in [-0.1, -0.05) is 11.6 Å². The molecule has 29 heavy (non-hydrogen) atoms. The minimum atomic E-state index is -0.869. The van der Waals surface area contributed by atoms with Gasteiger partial charge in [0.2, 0.25) is 11.8 Å². The molecule has 1 heterocycles. The maximum atomic E-state index is 13.5. The standard InChI is InChI=1S/C19H19ClFN3O5/c1-27-9-16-23-24-17(29-16)19-5-4-18(10-19,7-14(19)25)22-15(26)8-28-11-2-3-12(20)13(21)6-11/h2-3,6H,4-5,7-10H2,1H3,(H,22,26)/t18-,19?/m1/s1. The van der Waals surface area contributed by atoms with Crippen LogP contribution in [0.25, 0.3) is 0 Å². The zero-order valence-electron chi connectivity index (χ0n) is 15.7. The SMILES string of the molecule is COCc1nnc(C23CC[C@@](NC(=O)COc4ccc(Cl)c(F)c4)(CC2=O)C3)o1. The number of carbonyl (C=O) groups excluding carboxylic acids is 2. The van der Waals surface area contributed by atoms with Crippen LogP contribution < -0.4 is 10.1 Å². The van der Waals surface area contributed by atoms with Gasteiger partial charge >= 0.3 is 0 Å². The molecule has 2 bridgehead atoms.